The molecule has 26 heavy (non-hydrogen) atoms. The molecule has 7 nitrogen and oxygen atoms in total. The van der Waals surface area contributed by atoms with Crippen LogP contribution in [0.3, 0.4) is 0 Å². The van der Waals surface area contributed by atoms with Gasteiger partial charge in [-0.2, -0.15) is 0 Å². The highest BCUT2D eigenvalue weighted by molar-refractivity contribution is 6.08. The fourth-order valence-electron chi connectivity index (χ4n) is 2.34. The van der Waals surface area contributed by atoms with Crippen LogP contribution in [0.5, 0.6) is 0 Å². The summed E-state index contributed by atoms with van der Waals surface area (Å²) < 4.78 is 4.90. The minimum Gasteiger partial charge on any atom is -0.375 e. The van der Waals surface area contributed by atoms with Crippen molar-refractivity contribution in [3.63, 3.8) is 0 Å². The van der Waals surface area contributed by atoms with Crippen molar-refractivity contribution in [3.8, 4) is 0 Å². The molecule has 132 valence electrons. The monoisotopic (exact) mass is 350 g/mol. The SMILES string of the molecule is Cc1cc(NC(=O)CNc2ccccc2C(=O)Nc2ccccc2)no1. The molecule has 0 atom stereocenters. The van der Waals surface area contributed by atoms with E-state index in [4.69, 9.17) is 4.52 Å². The maximum absolute atomic E-state index is 12.5. The van der Waals surface area contributed by atoms with Gasteiger partial charge in [0, 0.05) is 17.4 Å². The Morgan fingerprint density at radius 1 is 1.00 bits per heavy atom. The lowest BCUT2D eigenvalue weighted by Gasteiger charge is -2.12. The summed E-state index contributed by atoms with van der Waals surface area (Å²) in [7, 11) is 0. The molecule has 1 aromatic heterocycles. The number of amides is 2. The second-order valence-electron chi connectivity index (χ2n) is 5.59. The topological polar surface area (TPSA) is 96.3 Å². The zero-order valence-electron chi connectivity index (χ0n) is 14.2. The highest BCUT2D eigenvalue weighted by Gasteiger charge is 2.12. The number of para-hydroxylation sites is 2. The summed E-state index contributed by atoms with van der Waals surface area (Å²) in [4.78, 5) is 24.5. The number of aryl methyl sites for hydroxylation is 1. The summed E-state index contributed by atoms with van der Waals surface area (Å²) >= 11 is 0. The van der Waals surface area contributed by atoms with Gasteiger partial charge in [0.1, 0.15) is 5.76 Å². The Hall–Kier alpha value is -3.61. The molecule has 0 saturated carbocycles. The van der Waals surface area contributed by atoms with E-state index >= 15 is 0 Å². The van der Waals surface area contributed by atoms with Crippen molar-refractivity contribution in [2.75, 3.05) is 22.5 Å². The van der Waals surface area contributed by atoms with Crippen molar-refractivity contribution in [3.05, 3.63) is 72.0 Å². The molecule has 0 aliphatic rings. The van der Waals surface area contributed by atoms with Crippen LogP contribution in [0.1, 0.15) is 16.1 Å². The molecule has 3 aromatic rings. The van der Waals surface area contributed by atoms with Crippen molar-refractivity contribution in [1.29, 1.82) is 0 Å². The summed E-state index contributed by atoms with van der Waals surface area (Å²) in [6.07, 6.45) is 0. The fraction of sp³-hybridized carbons (Fsp3) is 0.105. The number of rotatable bonds is 6. The van der Waals surface area contributed by atoms with Gasteiger partial charge in [-0.05, 0) is 31.2 Å². The van der Waals surface area contributed by atoms with Crippen LogP contribution in [0, 0.1) is 6.92 Å². The van der Waals surface area contributed by atoms with Gasteiger partial charge in [-0.1, -0.05) is 35.5 Å². The molecule has 0 spiro atoms. The van der Waals surface area contributed by atoms with Gasteiger partial charge >= 0.3 is 0 Å². The Balaban J connectivity index is 1.63. The number of anilines is 3. The molecular weight excluding hydrogens is 332 g/mol. The smallest absolute Gasteiger partial charge is 0.257 e. The third-order valence-corrected chi connectivity index (χ3v) is 3.54. The quantitative estimate of drug-likeness (QED) is 0.634. The second-order valence-corrected chi connectivity index (χ2v) is 5.59. The molecule has 0 unspecified atom stereocenters. The number of benzene rings is 2. The third kappa shape index (κ3) is 4.47. The van der Waals surface area contributed by atoms with Crippen LogP contribution in [-0.4, -0.2) is 23.5 Å². The molecule has 7 heteroatoms. The summed E-state index contributed by atoms with van der Waals surface area (Å²) in [5, 5.41) is 12.1. The van der Waals surface area contributed by atoms with Crippen LogP contribution in [0.4, 0.5) is 17.2 Å². The Labute approximate surface area is 150 Å². The van der Waals surface area contributed by atoms with Crippen molar-refractivity contribution in [1.82, 2.24) is 5.16 Å². The molecule has 0 saturated heterocycles. The predicted molar refractivity (Wildman–Crippen MR) is 99.2 cm³/mol. The summed E-state index contributed by atoms with van der Waals surface area (Å²) in [5.74, 6) is 0.406. The summed E-state index contributed by atoms with van der Waals surface area (Å²) in [6.45, 7) is 1.73. The standard InChI is InChI=1S/C19H18N4O3/c1-13-11-17(23-26-13)22-18(24)12-20-16-10-6-5-9-15(16)19(25)21-14-7-3-2-4-8-14/h2-11,20H,12H2,1H3,(H,21,25)(H,22,23,24). The molecule has 0 bridgehead atoms. The van der Waals surface area contributed by atoms with E-state index in [0.29, 0.717) is 28.5 Å². The minimum absolute atomic E-state index is 0.0124. The molecule has 0 fully saturated rings. The van der Waals surface area contributed by atoms with Gasteiger partial charge in [0.2, 0.25) is 5.91 Å². The average molecular weight is 350 g/mol. The lowest BCUT2D eigenvalue weighted by molar-refractivity contribution is -0.114. The third-order valence-electron chi connectivity index (χ3n) is 3.54. The lowest BCUT2D eigenvalue weighted by atomic mass is 10.1. The van der Waals surface area contributed by atoms with E-state index in [1.165, 1.54) is 0 Å². The first kappa shape index (κ1) is 17.2. The van der Waals surface area contributed by atoms with Crippen molar-refractivity contribution >= 4 is 29.0 Å². The largest absolute Gasteiger partial charge is 0.375 e. The van der Waals surface area contributed by atoms with Crippen LogP contribution in [0.25, 0.3) is 0 Å². The van der Waals surface area contributed by atoms with Gasteiger partial charge < -0.3 is 20.5 Å². The lowest BCUT2D eigenvalue weighted by Crippen LogP contribution is -2.23. The van der Waals surface area contributed by atoms with Gasteiger partial charge in [0.05, 0.1) is 12.1 Å². The van der Waals surface area contributed by atoms with E-state index in [9.17, 15) is 9.59 Å². The number of carbonyl (C=O) groups excluding carboxylic acids is 2. The second kappa shape index (κ2) is 7.98. The number of aromatic nitrogens is 1. The van der Waals surface area contributed by atoms with E-state index in [1.807, 2.05) is 18.2 Å². The number of hydrogen-bond donors (Lipinski definition) is 3. The maximum Gasteiger partial charge on any atom is 0.257 e. The highest BCUT2D eigenvalue weighted by Crippen LogP contribution is 2.17. The molecule has 0 radical (unpaired) electrons. The van der Waals surface area contributed by atoms with Gasteiger partial charge in [0.25, 0.3) is 5.91 Å². The number of carbonyl (C=O) groups is 2. The van der Waals surface area contributed by atoms with E-state index in [0.717, 1.165) is 0 Å². The van der Waals surface area contributed by atoms with Gasteiger partial charge in [-0.25, -0.2) is 0 Å². The van der Waals surface area contributed by atoms with Crippen molar-refractivity contribution in [2.24, 2.45) is 0 Å². The molecule has 3 rings (SSSR count). The van der Waals surface area contributed by atoms with Gasteiger partial charge in [-0.3, -0.25) is 9.59 Å². The van der Waals surface area contributed by atoms with Crippen LogP contribution in [-0.2, 0) is 4.79 Å². The first-order valence-electron chi connectivity index (χ1n) is 8.04. The normalized spacial score (nSPS) is 10.2. The van der Waals surface area contributed by atoms with E-state index in [2.05, 4.69) is 21.1 Å². The Morgan fingerprint density at radius 2 is 1.73 bits per heavy atom. The first-order valence-corrected chi connectivity index (χ1v) is 8.04. The van der Waals surface area contributed by atoms with Crippen LogP contribution < -0.4 is 16.0 Å². The van der Waals surface area contributed by atoms with Crippen molar-refractivity contribution < 1.29 is 14.1 Å². The van der Waals surface area contributed by atoms with Crippen LogP contribution in [0.15, 0.2) is 65.2 Å². The summed E-state index contributed by atoms with van der Waals surface area (Å²) in [6, 6.07) is 17.8. The zero-order valence-corrected chi connectivity index (χ0v) is 14.2. The average Bonchev–Trinajstić information content (AvgIpc) is 3.05. The number of nitrogens with one attached hydrogen (secondary N) is 3. The Morgan fingerprint density at radius 3 is 2.46 bits per heavy atom. The molecule has 2 aromatic carbocycles. The molecule has 0 aliphatic carbocycles. The molecular formula is C19H18N4O3. The zero-order chi connectivity index (χ0) is 18.4. The molecule has 3 N–H and O–H groups in total. The summed E-state index contributed by atoms with van der Waals surface area (Å²) in [5.41, 5.74) is 1.71. The predicted octanol–water partition coefficient (Wildman–Crippen LogP) is 3.29. The Bertz CT molecular complexity index is 906. The number of nitrogens with zero attached hydrogens (tertiary/aromatic N) is 1. The molecule has 2 amide bonds. The number of hydrogen-bond acceptors (Lipinski definition) is 5. The van der Waals surface area contributed by atoms with Gasteiger partial charge in [0.15, 0.2) is 5.82 Å². The van der Waals surface area contributed by atoms with Crippen LogP contribution in [0.2, 0.25) is 0 Å². The maximum atomic E-state index is 12.5. The van der Waals surface area contributed by atoms with E-state index in [-0.39, 0.29) is 18.4 Å². The minimum atomic E-state index is -0.295. The molecule has 0 aliphatic heterocycles. The highest BCUT2D eigenvalue weighted by atomic mass is 16.5. The van der Waals surface area contributed by atoms with Crippen molar-refractivity contribution in [2.45, 2.75) is 6.92 Å². The van der Waals surface area contributed by atoms with E-state index in [1.54, 1.807) is 49.4 Å². The van der Waals surface area contributed by atoms with Crippen LogP contribution >= 0.6 is 0 Å². The van der Waals surface area contributed by atoms with E-state index < -0.39 is 0 Å². The fourth-order valence-corrected chi connectivity index (χ4v) is 2.34. The Kier molecular flexibility index (Phi) is 5.28. The molecule has 1 heterocycles. The first-order chi connectivity index (χ1) is 12.6. The van der Waals surface area contributed by atoms with Gasteiger partial charge in [-0.15, -0.1) is 0 Å².